The number of nitrogens with one attached hydrogen (secondary N) is 1. The van der Waals surface area contributed by atoms with Gasteiger partial charge >= 0.3 is 0 Å². The van der Waals surface area contributed by atoms with E-state index in [2.05, 4.69) is 21.2 Å². The second-order valence-corrected chi connectivity index (χ2v) is 4.92. The molecular weight excluding hydrogens is 297 g/mol. The monoisotopic (exact) mass is 311 g/mol. The SMILES string of the molecule is CCNC(c1ccc(Br)o1)c1ccc(F)cc1C. The van der Waals surface area contributed by atoms with Gasteiger partial charge in [0.2, 0.25) is 0 Å². The molecule has 0 saturated carbocycles. The topological polar surface area (TPSA) is 25.2 Å². The van der Waals surface area contributed by atoms with Crippen molar-refractivity contribution in [1.29, 1.82) is 0 Å². The molecule has 1 unspecified atom stereocenters. The normalized spacial score (nSPS) is 12.7. The Morgan fingerprint density at radius 2 is 2.11 bits per heavy atom. The molecule has 0 radical (unpaired) electrons. The molecule has 1 heterocycles. The van der Waals surface area contributed by atoms with E-state index in [9.17, 15) is 4.39 Å². The van der Waals surface area contributed by atoms with Crippen molar-refractivity contribution in [2.45, 2.75) is 19.9 Å². The van der Waals surface area contributed by atoms with E-state index in [-0.39, 0.29) is 11.9 Å². The van der Waals surface area contributed by atoms with Crippen molar-refractivity contribution >= 4 is 15.9 Å². The molecule has 2 aromatic rings. The molecule has 1 atom stereocenters. The Kier molecular flexibility index (Phi) is 4.19. The highest BCUT2D eigenvalue weighted by atomic mass is 79.9. The van der Waals surface area contributed by atoms with E-state index in [1.165, 1.54) is 12.1 Å². The van der Waals surface area contributed by atoms with Gasteiger partial charge in [0.05, 0.1) is 6.04 Å². The fourth-order valence-electron chi connectivity index (χ4n) is 2.01. The van der Waals surface area contributed by atoms with Gasteiger partial charge in [-0.2, -0.15) is 0 Å². The molecule has 96 valence electrons. The quantitative estimate of drug-likeness (QED) is 0.916. The van der Waals surface area contributed by atoms with Gasteiger partial charge in [0.25, 0.3) is 0 Å². The van der Waals surface area contributed by atoms with E-state index in [1.54, 1.807) is 6.07 Å². The largest absolute Gasteiger partial charge is 0.452 e. The molecule has 0 saturated heterocycles. The summed E-state index contributed by atoms with van der Waals surface area (Å²) in [4.78, 5) is 0. The number of furan rings is 1. The highest BCUT2D eigenvalue weighted by molar-refractivity contribution is 9.10. The highest BCUT2D eigenvalue weighted by Gasteiger charge is 2.18. The van der Waals surface area contributed by atoms with E-state index in [1.807, 2.05) is 26.0 Å². The van der Waals surface area contributed by atoms with E-state index in [4.69, 9.17) is 4.42 Å². The van der Waals surface area contributed by atoms with Crippen LogP contribution < -0.4 is 5.32 Å². The molecule has 0 spiro atoms. The van der Waals surface area contributed by atoms with Crippen molar-refractivity contribution in [2.75, 3.05) is 6.54 Å². The summed E-state index contributed by atoms with van der Waals surface area (Å²) in [6, 6.07) is 8.54. The molecule has 1 aromatic carbocycles. The Bertz CT molecular complexity index is 538. The predicted octanol–water partition coefficient (Wildman–Crippen LogP) is 4.19. The standard InChI is InChI=1S/C14H15BrFNO/c1-3-17-14(12-6-7-13(15)18-12)11-5-4-10(16)8-9(11)2/h4-8,14,17H,3H2,1-2H3. The van der Waals surface area contributed by atoms with Crippen molar-refractivity contribution in [1.82, 2.24) is 5.32 Å². The van der Waals surface area contributed by atoms with Crippen molar-refractivity contribution in [3.8, 4) is 0 Å². The van der Waals surface area contributed by atoms with Crippen LogP contribution in [0.3, 0.4) is 0 Å². The molecule has 0 aliphatic carbocycles. The first-order valence-electron chi connectivity index (χ1n) is 5.86. The number of hydrogen-bond acceptors (Lipinski definition) is 2. The average molecular weight is 312 g/mol. The van der Waals surface area contributed by atoms with Crippen molar-refractivity contribution in [3.63, 3.8) is 0 Å². The van der Waals surface area contributed by atoms with E-state index in [0.29, 0.717) is 4.67 Å². The van der Waals surface area contributed by atoms with Crippen LogP contribution in [0.15, 0.2) is 39.4 Å². The average Bonchev–Trinajstić information content (AvgIpc) is 2.73. The van der Waals surface area contributed by atoms with E-state index < -0.39 is 0 Å². The molecule has 2 rings (SSSR count). The van der Waals surface area contributed by atoms with Gasteiger partial charge in [-0.1, -0.05) is 13.0 Å². The van der Waals surface area contributed by atoms with Gasteiger partial charge in [-0.15, -0.1) is 0 Å². The molecule has 2 nitrogen and oxygen atoms in total. The first kappa shape index (κ1) is 13.3. The van der Waals surface area contributed by atoms with Crippen LogP contribution in [0.1, 0.15) is 29.9 Å². The summed E-state index contributed by atoms with van der Waals surface area (Å²) in [6.45, 7) is 4.74. The summed E-state index contributed by atoms with van der Waals surface area (Å²) in [6.07, 6.45) is 0. The molecule has 0 amide bonds. The van der Waals surface area contributed by atoms with Crippen LogP contribution in [0.2, 0.25) is 0 Å². The maximum absolute atomic E-state index is 13.2. The van der Waals surface area contributed by atoms with Crippen LogP contribution in [0.25, 0.3) is 0 Å². The molecule has 0 aliphatic rings. The van der Waals surface area contributed by atoms with Crippen molar-refractivity contribution in [2.24, 2.45) is 0 Å². The van der Waals surface area contributed by atoms with Gasteiger partial charge in [-0.05, 0) is 64.8 Å². The number of halogens is 2. The van der Waals surface area contributed by atoms with Crippen molar-refractivity contribution < 1.29 is 8.81 Å². The lowest BCUT2D eigenvalue weighted by Crippen LogP contribution is -2.22. The lowest BCUT2D eigenvalue weighted by atomic mass is 9.99. The van der Waals surface area contributed by atoms with E-state index in [0.717, 1.165) is 23.4 Å². The van der Waals surface area contributed by atoms with Gasteiger partial charge in [-0.25, -0.2) is 4.39 Å². The lowest BCUT2D eigenvalue weighted by molar-refractivity contribution is 0.436. The number of hydrogen-bond donors (Lipinski definition) is 1. The van der Waals surface area contributed by atoms with Gasteiger partial charge < -0.3 is 9.73 Å². The predicted molar refractivity (Wildman–Crippen MR) is 73.1 cm³/mol. The smallest absolute Gasteiger partial charge is 0.169 e. The summed E-state index contributed by atoms with van der Waals surface area (Å²) < 4.78 is 19.4. The zero-order valence-corrected chi connectivity index (χ0v) is 11.9. The Balaban J connectivity index is 2.41. The molecule has 0 aliphatic heterocycles. The summed E-state index contributed by atoms with van der Waals surface area (Å²) in [7, 11) is 0. The van der Waals surface area contributed by atoms with Crippen LogP contribution in [-0.2, 0) is 0 Å². The maximum Gasteiger partial charge on any atom is 0.169 e. The van der Waals surface area contributed by atoms with Gasteiger partial charge in [0, 0.05) is 0 Å². The molecule has 1 N–H and O–H groups in total. The van der Waals surface area contributed by atoms with Crippen LogP contribution in [0.4, 0.5) is 4.39 Å². The Hall–Kier alpha value is -1.13. The number of aryl methyl sites for hydroxylation is 1. The zero-order chi connectivity index (χ0) is 13.1. The third-order valence-corrected chi connectivity index (χ3v) is 3.26. The summed E-state index contributed by atoms with van der Waals surface area (Å²) >= 11 is 3.30. The van der Waals surface area contributed by atoms with Gasteiger partial charge in [0.1, 0.15) is 11.6 Å². The number of benzene rings is 1. The van der Waals surface area contributed by atoms with Crippen LogP contribution in [0, 0.1) is 12.7 Å². The lowest BCUT2D eigenvalue weighted by Gasteiger charge is -2.18. The van der Waals surface area contributed by atoms with Crippen molar-refractivity contribution in [3.05, 3.63) is 57.7 Å². The second-order valence-electron chi connectivity index (χ2n) is 4.13. The first-order chi connectivity index (χ1) is 8.61. The number of rotatable bonds is 4. The summed E-state index contributed by atoms with van der Waals surface area (Å²) in [5, 5.41) is 3.35. The third-order valence-electron chi connectivity index (χ3n) is 2.83. The minimum absolute atomic E-state index is 0.0538. The minimum atomic E-state index is -0.216. The summed E-state index contributed by atoms with van der Waals surface area (Å²) in [5.74, 6) is 0.602. The molecule has 0 bridgehead atoms. The summed E-state index contributed by atoms with van der Waals surface area (Å²) in [5.41, 5.74) is 1.94. The first-order valence-corrected chi connectivity index (χ1v) is 6.65. The minimum Gasteiger partial charge on any atom is -0.452 e. The fourth-order valence-corrected chi connectivity index (χ4v) is 2.33. The maximum atomic E-state index is 13.2. The Labute approximate surface area is 114 Å². The van der Waals surface area contributed by atoms with Crippen LogP contribution in [0.5, 0.6) is 0 Å². The molecular formula is C14H15BrFNO. The highest BCUT2D eigenvalue weighted by Crippen LogP contribution is 2.28. The van der Waals surface area contributed by atoms with Crippen LogP contribution in [-0.4, -0.2) is 6.54 Å². The van der Waals surface area contributed by atoms with Crippen LogP contribution >= 0.6 is 15.9 Å². The Morgan fingerprint density at radius 3 is 2.67 bits per heavy atom. The Morgan fingerprint density at radius 1 is 1.33 bits per heavy atom. The van der Waals surface area contributed by atoms with Gasteiger partial charge in [0.15, 0.2) is 4.67 Å². The van der Waals surface area contributed by atoms with E-state index >= 15 is 0 Å². The molecule has 0 fully saturated rings. The fraction of sp³-hybridized carbons (Fsp3) is 0.286. The third kappa shape index (κ3) is 2.82. The second kappa shape index (κ2) is 5.67. The molecule has 4 heteroatoms. The molecule has 18 heavy (non-hydrogen) atoms. The van der Waals surface area contributed by atoms with Gasteiger partial charge in [-0.3, -0.25) is 0 Å². The molecule has 1 aromatic heterocycles. The zero-order valence-electron chi connectivity index (χ0n) is 10.3.